The molecule has 1 aromatic heterocycles. The zero-order valence-corrected chi connectivity index (χ0v) is 9.35. The summed E-state index contributed by atoms with van der Waals surface area (Å²) in [7, 11) is 0. The fourth-order valence-electron chi connectivity index (χ4n) is 1.64. The summed E-state index contributed by atoms with van der Waals surface area (Å²) >= 11 is 0. The van der Waals surface area contributed by atoms with Crippen LogP contribution in [0.3, 0.4) is 0 Å². The lowest BCUT2D eigenvalue weighted by Crippen LogP contribution is -1.99. The molecule has 0 bridgehead atoms. The van der Waals surface area contributed by atoms with Crippen LogP contribution in [-0.4, -0.2) is 10.2 Å². The first-order valence-electron chi connectivity index (χ1n) is 5.38. The lowest BCUT2D eigenvalue weighted by Gasteiger charge is -2.02. The highest BCUT2D eigenvalue weighted by Gasteiger charge is 1.98. The number of rotatable bonds is 3. The summed E-state index contributed by atoms with van der Waals surface area (Å²) in [4.78, 5) is 0. The number of aromatic nitrogens is 2. The van der Waals surface area contributed by atoms with E-state index < -0.39 is 0 Å². The number of benzene rings is 1. The van der Waals surface area contributed by atoms with Crippen molar-refractivity contribution in [3.05, 3.63) is 53.2 Å². The molecular weight excluding hydrogens is 198 g/mol. The van der Waals surface area contributed by atoms with E-state index in [0.717, 1.165) is 18.5 Å². The van der Waals surface area contributed by atoms with E-state index in [1.807, 2.05) is 6.07 Å². The van der Waals surface area contributed by atoms with Crippen molar-refractivity contribution >= 4 is 5.82 Å². The molecule has 0 unspecified atom stereocenters. The van der Waals surface area contributed by atoms with Crippen molar-refractivity contribution in [3.63, 3.8) is 0 Å². The van der Waals surface area contributed by atoms with E-state index in [0.29, 0.717) is 5.82 Å². The average molecular weight is 213 g/mol. The van der Waals surface area contributed by atoms with Crippen molar-refractivity contribution < 1.29 is 0 Å². The highest BCUT2D eigenvalue weighted by molar-refractivity contribution is 5.26. The van der Waals surface area contributed by atoms with Crippen LogP contribution in [-0.2, 0) is 12.8 Å². The van der Waals surface area contributed by atoms with Gasteiger partial charge < -0.3 is 5.73 Å². The molecular formula is C13H15N3. The number of nitrogens with two attached hydrogens (primary N) is 1. The van der Waals surface area contributed by atoms with E-state index in [4.69, 9.17) is 5.73 Å². The van der Waals surface area contributed by atoms with Crippen molar-refractivity contribution in [2.24, 2.45) is 0 Å². The molecule has 0 saturated carbocycles. The van der Waals surface area contributed by atoms with Gasteiger partial charge in [-0.05, 0) is 37.5 Å². The van der Waals surface area contributed by atoms with Gasteiger partial charge in [-0.15, -0.1) is 5.10 Å². The van der Waals surface area contributed by atoms with Crippen LogP contribution in [0.25, 0.3) is 0 Å². The first-order chi connectivity index (χ1) is 7.74. The number of hydrogen-bond acceptors (Lipinski definition) is 3. The van der Waals surface area contributed by atoms with Gasteiger partial charge in [-0.2, -0.15) is 5.10 Å². The first kappa shape index (κ1) is 10.6. The first-order valence-corrected chi connectivity index (χ1v) is 5.38. The highest BCUT2D eigenvalue weighted by Crippen LogP contribution is 2.08. The van der Waals surface area contributed by atoms with Crippen molar-refractivity contribution in [1.82, 2.24) is 10.2 Å². The summed E-state index contributed by atoms with van der Waals surface area (Å²) in [5, 5.41) is 7.88. The van der Waals surface area contributed by atoms with E-state index >= 15 is 0 Å². The standard InChI is InChI=1S/C13H15N3/c1-10-3-2-4-11(9-10)5-6-12-7-8-13(14)16-15-12/h2-4,7-9H,5-6H2,1H3,(H2,14,16). The second-order valence-corrected chi connectivity index (χ2v) is 3.94. The SMILES string of the molecule is Cc1cccc(CCc2ccc(N)nn2)c1. The fraction of sp³-hybridized carbons (Fsp3) is 0.231. The second kappa shape index (κ2) is 4.75. The Morgan fingerprint density at radius 1 is 1.06 bits per heavy atom. The smallest absolute Gasteiger partial charge is 0.146 e. The fourth-order valence-corrected chi connectivity index (χ4v) is 1.64. The number of nitrogens with zero attached hydrogens (tertiary/aromatic N) is 2. The van der Waals surface area contributed by atoms with E-state index in [9.17, 15) is 0 Å². The lowest BCUT2D eigenvalue weighted by atomic mass is 10.1. The quantitative estimate of drug-likeness (QED) is 0.850. The molecule has 0 saturated heterocycles. The minimum absolute atomic E-state index is 0.472. The topological polar surface area (TPSA) is 51.8 Å². The Labute approximate surface area is 95.3 Å². The van der Waals surface area contributed by atoms with Gasteiger partial charge in [0.25, 0.3) is 0 Å². The molecule has 0 amide bonds. The number of anilines is 1. The number of nitrogen functional groups attached to an aromatic ring is 1. The maximum atomic E-state index is 5.48. The van der Waals surface area contributed by atoms with Gasteiger partial charge in [-0.3, -0.25) is 0 Å². The zero-order chi connectivity index (χ0) is 11.4. The van der Waals surface area contributed by atoms with Gasteiger partial charge in [0.15, 0.2) is 0 Å². The lowest BCUT2D eigenvalue weighted by molar-refractivity contribution is 0.862. The minimum atomic E-state index is 0.472. The monoisotopic (exact) mass is 213 g/mol. The second-order valence-electron chi connectivity index (χ2n) is 3.94. The Hall–Kier alpha value is -1.90. The third-order valence-electron chi connectivity index (χ3n) is 2.49. The van der Waals surface area contributed by atoms with E-state index in [-0.39, 0.29) is 0 Å². The van der Waals surface area contributed by atoms with E-state index in [1.165, 1.54) is 11.1 Å². The van der Waals surface area contributed by atoms with Gasteiger partial charge in [0.1, 0.15) is 5.82 Å². The van der Waals surface area contributed by atoms with Crippen LogP contribution in [0.1, 0.15) is 16.8 Å². The molecule has 16 heavy (non-hydrogen) atoms. The van der Waals surface area contributed by atoms with Crippen LogP contribution >= 0.6 is 0 Å². The predicted molar refractivity (Wildman–Crippen MR) is 65.0 cm³/mol. The molecule has 0 aliphatic heterocycles. The Morgan fingerprint density at radius 3 is 2.62 bits per heavy atom. The molecule has 82 valence electrons. The summed E-state index contributed by atoms with van der Waals surface area (Å²) in [6, 6.07) is 12.2. The van der Waals surface area contributed by atoms with Crippen LogP contribution in [0, 0.1) is 6.92 Å². The third-order valence-corrected chi connectivity index (χ3v) is 2.49. The zero-order valence-electron chi connectivity index (χ0n) is 9.35. The molecule has 1 aromatic carbocycles. The molecule has 0 spiro atoms. The number of hydrogen-bond donors (Lipinski definition) is 1. The normalized spacial score (nSPS) is 10.3. The molecule has 2 rings (SSSR count). The van der Waals surface area contributed by atoms with Gasteiger partial charge in [0.05, 0.1) is 5.69 Å². The summed E-state index contributed by atoms with van der Waals surface area (Å²) in [6.07, 6.45) is 1.89. The minimum Gasteiger partial charge on any atom is -0.382 e. The predicted octanol–water partition coefficient (Wildman–Crippen LogP) is 2.15. The summed E-state index contributed by atoms with van der Waals surface area (Å²) in [5.74, 6) is 0.472. The van der Waals surface area contributed by atoms with Crippen LogP contribution in [0.4, 0.5) is 5.82 Å². The Kier molecular flexibility index (Phi) is 3.15. The van der Waals surface area contributed by atoms with Gasteiger partial charge >= 0.3 is 0 Å². The molecule has 2 aromatic rings. The molecule has 0 aliphatic rings. The molecule has 1 heterocycles. The van der Waals surface area contributed by atoms with Gasteiger partial charge in [-0.1, -0.05) is 29.8 Å². The summed E-state index contributed by atoms with van der Waals surface area (Å²) < 4.78 is 0. The Bertz CT molecular complexity index is 463. The molecule has 3 nitrogen and oxygen atoms in total. The van der Waals surface area contributed by atoms with E-state index in [1.54, 1.807) is 6.07 Å². The molecule has 0 atom stereocenters. The molecule has 0 fully saturated rings. The third kappa shape index (κ3) is 2.79. The van der Waals surface area contributed by atoms with Gasteiger partial charge in [0, 0.05) is 0 Å². The van der Waals surface area contributed by atoms with E-state index in [2.05, 4.69) is 41.4 Å². The van der Waals surface area contributed by atoms with Crippen LogP contribution in [0.15, 0.2) is 36.4 Å². The van der Waals surface area contributed by atoms with Crippen LogP contribution in [0.5, 0.6) is 0 Å². The van der Waals surface area contributed by atoms with Crippen molar-refractivity contribution in [1.29, 1.82) is 0 Å². The van der Waals surface area contributed by atoms with Crippen LogP contribution < -0.4 is 5.73 Å². The molecule has 0 aliphatic carbocycles. The summed E-state index contributed by atoms with van der Waals surface area (Å²) in [5.41, 5.74) is 9.09. The molecule has 0 radical (unpaired) electrons. The largest absolute Gasteiger partial charge is 0.382 e. The maximum absolute atomic E-state index is 5.48. The number of aryl methyl sites for hydroxylation is 3. The highest BCUT2D eigenvalue weighted by atomic mass is 15.1. The Morgan fingerprint density at radius 2 is 1.94 bits per heavy atom. The van der Waals surface area contributed by atoms with Gasteiger partial charge in [0.2, 0.25) is 0 Å². The maximum Gasteiger partial charge on any atom is 0.146 e. The molecule has 3 heteroatoms. The van der Waals surface area contributed by atoms with Crippen molar-refractivity contribution in [3.8, 4) is 0 Å². The van der Waals surface area contributed by atoms with Gasteiger partial charge in [-0.25, -0.2) is 0 Å². The van der Waals surface area contributed by atoms with Crippen molar-refractivity contribution in [2.45, 2.75) is 19.8 Å². The van der Waals surface area contributed by atoms with Crippen molar-refractivity contribution in [2.75, 3.05) is 5.73 Å². The van der Waals surface area contributed by atoms with Crippen LogP contribution in [0.2, 0.25) is 0 Å². The summed E-state index contributed by atoms with van der Waals surface area (Å²) in [6.45, 7) is 2.10. The molecule has 2 N–H and O–H groups in total. The average Bonchev–Trinajstić information content (AvgIpc) is 2.28. The Balaban J connectivity index is 1.99.